The Bertz CT molecular complexity index is 332. The molecule has 2 rings (SSSR count). The zero-order chi connectivity index (χ0) is 11.5. The summed E-state index contributed by atoms with van der Waals surface area (Å²) in [5.74, 6) is 1.45. The van der Waals surface area contributed by atoms with Crippen molar-refractivity contribution < 1.29 is 4.42 Å². The summed E-state index contributed by atoms with van der Waals surface area (Å²) in [5.41, 5.74) is 5.46. The molecule has 0 bridgehead atoms. The number of rotatable bonds is 6. The Morgan fingerprint density at radius 3 is 2.75 bits per heavy atom. The topological polar surface area (TPSA) is 68.2 Å². The van der Waals surface area contributed by atoms with Crippen LogP contribution >= 0.6 is 0 Å². The van der Waals surface area contributed by atoms with Crippen LogP contribution < -0.4 is 10.6 Å². The first-order valence-electron chi connectivity index (χ1n) is 5.99. The molecule has 1 aliphatic rings. The molecule has 0 saturated heterocycles. The molecule has 0 spiro atoms. The molecule has 1 saturated carbocycles. The van der Waals surface area contributed by atoms with E-state index in [0.717, 1.165) is 12.5 Å². The smallest absolute Gasteiger partial charge is 0.318 e. The molecule has 0 radical (unpaired) electrons. The maximum atomic E-state index is 5.60. The van der Waals surface area contributed by atoms with Gasteiger partial charge in [-0.25, -0.2) is 0 Å². The Balaban J connectivity index is 2.04. The van der Waals surface area contributed by atoms with E-state index in [0.29, 0.717) is 30.9 Å². The average molecular weight is 224 g/mol. The van der Waals surface area contributed by atoms with Crippen LogP contribution in [0.3, 0.4) is 0 Å². The van der Waals surface area contributed by atoms with Gasteiger partial charge in [-0.2, -0.15) is 0 Å². The quantitative estimate of drug-likeness (QED) is 0.786. The van der Waals surface area contributed by atoms with Crippen molar-refractivity contribution in [2.24, 2.45) is 11.7 Å². The predicted octanol–water partition coefficient (Wildman–Crippen LogP) is 1.20. The molecule has 5 nitrogen and oxygen atoms in total. The van der Waals surface area contributed by atoms with Crippen LogP contribution in [0.15, 0.2) is 4.42 Å². The SMILES string of the molecule is CC(C)N(CC1CC1)c1nnc(CCN)o1. The van der Waals surface area contributed by atoms with Crippen LogP contribution in [-0.4, -0.2) is 29.3 Å². The van der Waals surface area contributed by atoms with Gasteiger partial charge < -0.3 is 15.1 Å². The zero-order valence-electron chi connectivity index (χ0n) is 10.0. The maximum absolute atomic E-state index is 5.60. The molecule has 1 heterocycles. The van der Waals surface area contributed by atoms with E-state index in [4.69, 9.17) is 10.2 Å². The Morgan fingerprint density at radius 2 is 2.19 bits per heavy atom. The van der Waals surface area contributed by atoms with Crippen molar-refractivity contribution in [1.29, 1.82) is 0 Å². The molecule has 0 unspecified atom stereocenters. The molecule has 0 atom stereocenters. The van der Waals surface area contributed by atoms with Gasteiger partial charge in [-0.05, 0) is 32.6 Å². The summed E-state index contributed by atoms with van der Waals surface area (Å²) in [4.78, 5) is 2.19. The standard InChI is InChI=1S/C11H20N4O/c1-8(2)15(7-9-3-4-9)11-14-13-10(16-11)5-6-12/h8-9H,3-7,12H2,1-2H3. The molecule has 0 aliphatic heterocycles. The zero-order valence-corrected chi connectivity index (χ0v) is 10.0. The fourth-order valence-electron chi connectivity index (χ4n) is 1.67. The van der Waals surface area contributed by atoms with Crippen molar-refractivity contribution in [3.63, 3.8) is 0 Å². The van der Waals surface area contributed by atoms with Gasteiger partial charge >= 0.3 is 6.01 Å². The Kier molecular flexibility index (Phi) is 3.43. The van der Waals surface area contributed by atoms with E-state index in [2.05, 4.69) is 28.9 Å². The van der Waals surface area contributed by atoms with Gasteiger partial charge in [-0.3, -0.25) is 0 Å². The summed E-state index contributed by atoms with van der Waals surface area (Å²) in [5, 5.41) is 8.09. The molecule has 0 amide bonds. The van der Waals surface area contributed by atoms with Crippen LogP contribution in [0.1, 0.15) is 32.6 Å². The lowest BCUT2D eigenvalue weighted by Crippen LogP contribution is -2.33. The largest absolute Gasteiger partial charge is 0.408 e. The number of aromatic nitrogens is 2. The van der Waals surface area contributed by atoms with Crippen molar-refractivity contribution in [3.8, 4) is 0 Å². The third kappa shape index (κ3) is 2.72. The van der Waals surface area contributed by atoms with Crippen LogP contribution in [0.25, 0.3) is 0 Å². The summed E-state index contributed by atoms with van der Waals surface area (Å²) >= 11 is 0. The lowest BCUT2D eigenvalue weighted by atomic mass is 10.3. The van der Waals surface area contributed by atoms with Crippen LogP contribution in [0.4, 0.5) is 6.01 Å². The van der Waals surface area contributed by atoms with Crippen molar-refractivity contribution in [2.75, 3.05) is 18.0 Å². The first-order valence-corrected chi connectivity index (χ1v) is 5.99. The summed E-state index contributed by atoms with van der Waals surface area (Å²) in [6.45, 7) is 5.87. The van der Waals surface area contributed by atoms with E-state index in [1.54, 1.807) is 0 Å². The monoisotopic (exact) mass is 224 g/mol. The number of nitrogens with two attached hydrogens (primary N) is 1. The van der Waals surface area contributed by atoms with Crippen molar-refractivity contribution in [1.82, 2.24) is 10.2 Å². The second-order valence-electron chi connectivity index (χ2n) is 4.71. The lowest BCUT2D eigenvalue weighted by Gasteiger charge is -2.24. The fraction of sp³-hybridized carbons (Fsp3) is 0.818. The van der Waals surface area contributed by atoms with Crippen LogP contribution in [0.2, 0.25) is 0 Å². The van der Waals surface area contributed by atoms with E-state index >= 15 is 0 Å². The molecular weight excluding hydrogens is 204 g/mol. The van der Waals surface area contributed by atoms with E-state index < -0.39 is 0 Å². The van der Waals surface area contributed by atoms with Gasteiger partial charge in [0.05, 0.1) is 0 Å². The molecule has 1 fully saturated rings. The molecule has 0 aromatic carbocycles. The molecule has 2 N–H and O–H groups in total. The second-order valence-corrected chi connectivity index (χ2v) is 4.71. The Hall–Kier alpha value is -1.10. The lowest BCUT2D eigenvalue weighted by molar-refractivity contribution is 0.466. The molecule has 16 heavy (non-hydrogen) atoms. The van der Waals surface area contributed by atoms with E-state index in [1.165, 1.54) is 12.8 Å². The van der Waals surface area contributed by atoms with Gasteiger partial charge in [-0.15, -0.1) is 5.10 Å². The van der Waals surface area contributed by atoms with Gasteiger partial charge in [0.1, 0.15) is 0 Å². The third-order valence-electron chi connectivity index (χ3n) is 2.84. The van der Waals surface area contributed by atoms with Gasteiger partial charge in [0.2, 0.25) is 5.89 Å². The molecule has 90 valence electrons. The number of nitrogens with zero attached hydrogens (tertiary/aromatic N) is 3. The Labute approximate surface area is 96.0 Å². The van der Waals surface area contributed by atoms with Gasteiger partial charge in [0.15, 0.2) is 0 Å². The van der Waals surface area contributed by atoms with Crippen molar-refractivity contribution in [2.45, 2.75) is 39.2 Å². The highest BCUT2D eigenvalue weighted by molar-refractivity contribution is 5.26. The summed E-state index contributed by atoms with van der Waals surface area (Å²) in [6.07, 6.45) is 3.31. The highest BCUT2D eigenvalue weighted by Crippen LogP contribution is 2.31. The minimum absolute atomic E-state index is 0.395. The van der Waals surface area contributed by atoms with Gasteiger partial charge in [-0.1, -0.05) is 5.10 Å². The van der Waals surface area contributed by atoms with Gasteiger partial charge in [0.25, 0.3) is 0 Å². The molecule has 5 heteroatoms. The number of hydrogen-bond acceptors (Lipinski definition) is 5. The molecule has 1 aliphatic carbocycles. The van der Waals surface area contributed by atoms with E-state index in [-0.39, 0.29) is 0 Å². The predicted molar refractivity (Wildman–Crippen MR) is 62.3 cm³/mol. The molecule has 1 aromatic heterocycles. The highest BCUT2D eigenvalue weighted by atomic mass is 16.4. The number of hydrogen-bond donors (Lipinski definition) is 1. The molecule has 1 aromatic rings. The van der Waals surface area contributed by atoms with E-state index in [1.807, 2.05) is 0 Å². The second kappa shape index (κ2) is 4.82. The number of anilines is 1. The van der Waals surface area contributed by atoms with Crippen molar-refractivity contribution >= 4 is 6.01 Å². The summed E-state index contributed by atoms with van der Waals surface area (Å²) < 4.78 is 5.60. The normalized spacial score (nSPS) is 15.8. The van der Waals surface area contributed by atoms with Crippen LogP contribution in [0.5, 0.6) is 0 Å². The first-order chi connectivity index (χ1) is 7.70. The van der Waals surface area contributed by atoms with E-state index in [9.17, 15) is 0 Å². The Morgan fingerprint density at radius 1 is 1.44 bits per heavy atom. The van der Waals surface area contributed by atoms with Crippen LogP contribution in [-0.2, 0) is 6.42 Å². The highest BCUT2D eigenvalue weighted by Gasteiger charge is 2.28. The average Bonchev–Trinajstić information content (AvgIpc) is 2.95. The minimum Gasteiger partial charge on any atom is -0.408 e. The first kappa shape index (κ1) is 11.4. The van der Waals surface area contributed by atoms with Gasteiger partial charge in [0, 0.05) is 25.6 Å². The minimum atomic E-state index is 0.395. The third-order valence-corrected chi connectivity index (χ3v) is 2.84. The molecular formula is C11H20N4O. The maximum Gasteiger partial charge on any atom is 0.318 e. The fourth-order valence-corrected chi connectivity index (χ4v) is 1.67. The van der Waals surface area contributed by atoms with Crippen LogP contribution in [0, 0.1) is 5.92 Å². The summed E-state index contributed by atoms with van der Waals surface area (Å²) in [7, 11) is 0. The summed E-state index contributed by atoms with van der Waals surface area (Å²) in [6, 6.07) is 1.04. The van der Waals surface area contributed by atoms with Crippen molar-refractivity contribution in [3.05, 3.63) is 5.89 Å².